The predicted octanol–water partition coefficient (Wildman–Crippen LogP) is 2.96. The number of nitrogens with two attached hydrogens (primary N) is 1. The minimum absolute atomic E-state index is 0.105. The number of benzene rings is 1. The molecule has 3 N–H and O–H groups in total. The Morgan fingerprint density at radius 3 is 2.88 bits per heavy atom. The van der Waals surface area contributed by atoms with E-state index in [0.29, 0.717) is 5.92 Å². The van der Waals surface area contributed by atoms with Gasteiger partial charge in [-0.1, -0.05) is 0 Å². The third kappa shape index (κ3) is 3.96. The van der Waals surface area contributed by atoms with Crippen LogP contribution in [0.4, 0.5) is 0 Å². The fourth-order valence-corrected chi connectivity index (χ4v) is 4.09. The monoisotopic (exact) mass is 361 g/mol. The molecule has 1 unspecified atom stereocenters. The first kappa shape index (κ1) is 18.1. The summed E-state index contributed by atoms with van der Waals surface area (Å²) in [6, 6.07) is 5.76. The van der Waals surface area contributed by atoms with Crippen LogP contribution in [0, 0.1) is 0 Å². The number of amides is 1. The van der Waals surface area contributed by atoms with Gasteiger partial charge in [0, 0.05) is 30.2 Å². The van der Waals surface area contributed by atoms with Crippen LogP contribution in [-0.4, -0.2) is 54.0 Å². The first-order valence-electron chi connectivity index (χ1n) is 8.82. The van der Waals surface area contributed by atoms with E-state index in [4.69, 9.17) is 10.5 Å². The molecule has 136 valence electrons. The summed E-state index contributed by atoms with van der Waals surface area (Å²) in [4.78, 5) is 17.8. The Balaban J connectivity index is 1.65. The highest BCUT2D eigenvalue weighted by Crippen LogP contribution is 2.34. The molecular formula is C19H27N3O2S. The van der Waals surface area contributed by atoms with Crippen molar-refractivity contribution in [2.24, 2.45) is 5.73 Å². The van der Waals surface area contributed by atoms with Crippen molar-refractivity contribution in [3.05, 3.63) is 30.0 Å². The number of rotatable bonds is 6. The molecule has 1 aliphatic rings. The third-order valence-electron chi connectivity index (χ3n) is 5.12. The maximum absolute atomic E-state index is 12.5. The number of H-pyrrole nitrogens is 1. The van der Waals surface area contributed by atoms with Gasteiger partial charge >= 0.3 is 0 Å². The molecule has 3 rings (SSSR count). The standard InChI is InChI=1S/C19H27N3O2S/c1-24-14-3-4-18-15(11-14)16(12-21-18)13-5-8-22(9-6-13)19(23)17(20)7-10-25-2/h3-4,11-13,17,21H,5-10,20H2,1-2H3. The van der Waals surface area contributed by atoms with Gasteiger partial charge in [0.2, 0.25) is 5.91 Å². The number of carbonyl (C=O) groups is 1. The summed E-state index contributed by atoms with van der Waals surface area (Å²) in [5.74, 6) is 2.38. The second-order valence-electron chi connectivity index (χ2n) is 6.64. The first-order chi connectivity index (χ1) is 12.1. The summed E-state index contributed by atoms with van der Waals surface area (Å²) in [6.07, 6.45) is 6.85. The van der Waals surface area contributed by atoms with E-state index in [-0.39, 0.29) is 11.9 Å². The number of fused-ring (bicyclic) bond motifs is 1. The molecule has 0 saturated carbocycles. The number of likely N-dealkylation sites (tertiary alicyclic amines) is 1. The largest absolute Gasteiger partial charge is 0.497 e. The Bertz CT molecular complexity index is 723. The van der Waals surface area contributed by atoms with Crippen molar-refractivity contribution >= 4 is 28.6 Å². The Morgan fingerprint density at radius 1 is 1.44 bits per heavy atom. The van der Waals surface area contributed by atoms with Crippen LogP contribution >= 0.6 is 11.8 Å². The van der Waals surface area contributed by atoms with Crippen molar-refractivity contribution < 1.29 is 9.53 Å². The number of thioether (sulfide) groups is 1. The molecule has 1 saturated heterocycles. The Hall–Kier alpha value is -1.66. The molecule has 1 fully saturated rings. The van der Waals surface area contributed by atoms with Gasteiger partial charge in [-0.3, -0.25) is 4.79 Å². The zero-order valence-corrected chi connectivity index (χ0v) is 15.8. The topological polar surface area (TPSA) is 71.3 Å². The lowest BCUT2D eigenvalue weighted by molar-refractivity contribution is -0.133. The first-order valence-corrected chi connectivity index (χ1v) is 10.2. The maximum Gasteiger partial charge on any atom is 0.239 e. The van der Waals surface area contributed by atoms with Crippen LogP contribution in [0.25, 0.3) is 10.9 Å². The van der Waals surface area contributed by atoms with Crippen LogP contribution in [0.3, 0.4) is 0 Å². The molecule has 1 amide bonds. The Labute approximate surface area is 153 Å². The maximum atomic E-state index is 12.5. The van der Waals surface area contributed by atoms with Crippen LogP contribution in [0.1, 0.15) is 30.7 Å². The normalized spacial score (nSPS) is 17.0. The third-order valence-corrected chi connectivity index (χ3v) is 5.76. The molecule has 2 aromatic rings. The van der Waals surface area contributed by atoms with Crippen LogP contribution < -0.4 is 10.5 Å². The zero-order valence-electron chi connectivity index (χ0n) is 15.0. The highest BCUT2D eigenvalue weighted by Gasteiger charge is 2.27. The number of hydrogen-bond acceptors (Lipinski definition) is 4. The molecule has 0 radical (unpaired) electrons. The van der Waals surface area contributed by atoms with Gasteiger partial charge in [0.15, 0.2) is 0 Å². The lowest BCUT2D eigenvalue weighted by Crippen LogP contribution is -2.47. The number of carbonyl (C=O) groups excluding carboxylic acids is 1. The highest BCUT2D eigenvalue weighted by atomic mass is 32.2. The number of aromatic amines is 1. The van der Waals surface area contributed by atoms with E-state index in [9.17, 15) is 4.79 Å². The van der Waals surface area contributed by atoms with Gasteiger partial charge in [-0.15, -0.1) is 0 Å². The number of ether oxygens (including phenoxy) is 1. The second kappa shape index (κ2) is 8.15. The summed E-state index contributed by atoms with van der Waals surface area (Å²) in [5, 5.41) is 1.22. The summed E-state index contributed by atoms with van der Waals surface area (Å²) in [6.45, 7) is 1.57. The smallest absolute Gasteiger partial charge is 0.239 e. The summed E-state index contributed by atoms with van der Waals surface area (Å²) >= 11 is 1.73. The number of piperidine rings is 1. The zero-order chi connectivity index (χ0) is 17.8. The quantitative estimate of drug-likeness (QED) is 0.830. The fraction of sp³-hybridized carbons (Fsp3) is 0.526. The van der Waals surface area contributed by atoms with Crippen molar-refractivity contribution in [1.29, 1.82) is 0 Å². The fourth-order valence-electron chi connectivity index (χ4n) is 3.60. The minimum Gasteiger partial charge on any atom is -0.497 e. The van der Waals surface area contributed by atoms with Gasteiger partial charge in [-0.25, -0.2) is 0 Å². The minimum atomic E-state index is -0.360. The lowest BCUT2D eigenvalue weighted by Gasteiger charge is -2.33. The van der Waals surface area contributed by atoms with E-state index in [2.05, 4.69) is 23.3 Å². The second-order valence-corrected chi connectivity index (χ2v) is 7.63. The van der Waals surface area contributed by atoms with E-state index >= 15 is 0 Å². The number of aromatic nitrogens is 1. The van der Waals surface area contributed by atoms with Crippen molar-refractivity contribution in [2.75, 3.05) is 32.2 Å². The summed E-state index contributed by atoms with van der Waals surface area (Å²) < 4.78 is 5.36. The van der Waals surface area contributed by atoms with E-state index in [1.807, 2.05) is 17.2 Å². The van der Waals surface area contributed by atoms with Crippen LogP contribution in [0.2, 0.25) is 0 Å². The average Bonchev–Trinajstić information content (AvgIpc) is 3.08. The van der Waals surface area contributed by atoms with Crippen molar-refractivity contribution in [2.45, 2.75) is 31.2 Å². The highest BCUT2D eigenvalue weighted by molar-refractivity contribution is 7.98. The molecule has 5 nitrogen and oxygen atoms in total. The van der Waals surface area contributed by atoms with Crippen LogP contribution in [-0.2, 0) is 4.79 Å². The van der Waals surface area contributed by atoms with E-state index in [1.165, 1.54) is 10.9 Å². The van der Waals surface area contributed by atoms with Crippen LogP contribution in [0.5, 0.6) is 5.75 Å². The predicted molar refractivity (Wildman–Crippen MR) is 104 cm³/mol. The van der Waals surface area contributed by atoms with Gasteiger partial charge in [0.25, 0.3) is 0 Å². The van der Waals surface area contributed by atoms with Gasteiger partial charge in [0.1, 0.15) is 5.75 Å². The molecule has 1 aliphatic heterocycles. The van der Waals surface area contributed by atoms with Gasteiger partial charge in [-0.2, -0.15) is 11.8 Å². The molecule has 1 aromatic heterocycles. The average molecular weight is 362 g/mol. The van der Waals surface area contributed by atoms with Crippen LogP contribution in [0.15, 0.2) is 24.4 Å². The van der Waals surface area contributed by atoms with E-state index in [0.717, 1.165) is 49.4 Å². The van der Waals surface area contributed by atoms with E-state index < -0.39 is 0 Å². The molecule has 1 atom stereocenters. The van der Waals surface area contributed by atoms with Gasteiger partial charge in [-0.05, 0) is 61.0 Å². The van der Waals surface area contributed by atoms with E-state index in [1.54, 1.807) is 18.9 Å². The number of methoxy groups -OCH3 is 1. The van der Waals surface area contributed by atoms with Crippen molar-refractivity contribution in [3.8, 4) is 5.75 Å². The van der Waals surface area contributed by atoms with Gasteiger partial charge < -0.3 is 20.4 Å². The molecule has 0 spiro atoms. The molecule has 0 bridgehead atoms. The molecule has 25 heavy (non-hydrogen) atoms. The lowest BCUT2D eigenvalue weighted by atomic mass is 9.89. The molecular weight excluding hydrogens is 334 g/mol. The van der Waals surface area contributed by atoms with Crippen molar-refractivity contribution in [3.63, 3.8) is 0 Å². The number of nitrogens with zero attached hydrogens (tertiary/aromatic N) is 1. The molecule has 1 aromatic carbocycles. The molecule has 0 aliphatic carbocycles. The van der Waals surface area contributed by atoms with Crippen molar-refractivity contribution in [1.82, 2.24) is 9.88 Å². The summed E-state index contributed by atoms with van der Waals surface area (Å²) in [5.41, 5.74) is 8.51. The summed E-state index contributed by atoms with van der Waals surface area (Å²) in [7, 11) is 1.69. The van der Waals surface area contributed by atoms with Gasteiger partial charge in [0.05, 0.1) is 13.2 Å². The number of hydrogen-bond donors (Lipinski definition) is 2. The number of nitrogens with one attached hydrogen (secondary N) is 1. The Morgan fingerprint density at radius 2 is 2.20 bits per heavy atom. The molecule has 6 heteroatoms. The molecule has 2 heterocycles. The Kier molecular flexibility index (Phi) is 5.91. The SMILES string of the molecule is COc1ccc2[nH]cc(C3CCN(C(=O)C(N)CCSC)CC3)c2c1.